The highest BCUT2D eigenvalue weighted by molar-refractivity contribution is 7.89. The first kappa shape index (κ1) is 29.4. The maximum atomic E-state index is 14.1. The molecular formula is C31H42ClN3O4S. The van der Waals surface area contributed by atoms with E-state index in [-0.39, 0.29) is 29.7 Å². The summed E-state index contributed by atoms with van der Waals surface area (Å²) in [6, 6.07) is 14.1. The number of amides is 1. The molecule has 5 rings (SSSR count). The lowest BCUT2D eigenvalue weighted by Gasteiger charge is -2.44. The van der Waals surface area contributed by atoms with Crippen LogP contribution in [0.15, 0.2) is 53.4 Å². The van der Waals surface area contributed by atoms with Crippen LogP contribution in [0.25, 0.3) is 0 Å². The van der Waals surface area contributed by atoms with Crippen LogP contribution in [-0.4, -0.2) is 73.0 Å². The van der Waals surface area contributed by atoms with Gasteiger partial charge < -0.3 is 14.5 Å². The smallest absolute Gasteiger partial charge is 0.410 e. The summed E-state index contributed by atoms with van der Waals surface area (Å²) in [6.07, 6.45) is 7.59. The normalized spacial score (nSPS) is 26.9. The highest BCUT2D eigenvalue weighted by atomic mass is 35.5. The number of hydrogen-bond donors (Lipinski definition) is 0. The molecule has 218 valence electrons. The molecule has 0 saturated carbocycles. The van der Waals surface area contributed by atoms with E-state index in [0.717, 1.165) is 43.5 Å². The lowest BCUT2D eigenvalue weighted by molar-refractivity contribution is 0.0282. The number of benzene rings is 2. The molecule has 1 amide bonds. The summed E-state index contributed by atoms with van der Waals surface area (Å²) in [4.78, 5) is 17.9. The predicted molar refractivity (Wildman–Crippen MR) is 158 cm³/mol. The highest BCUT2D eigenvalue weighted by Gasteiger charge is 2.42. The van der Waals surface area contributed by atoms with Gasteiger partial charge in [-0.2, -0.15) is 4.31 Å². The van der Waals surface area contributed by atoms with Gasteiger partial charge in [0.2, 0.25) is 10.0 Å². The maximum Gasteiger partial charge on any atom is 0.410 e. The molecule has 7 nitrogen and oxygen atoms in total. The molecule has 3 heterocycles. The van der Waals surface area contributed by atoms with E-state index in [2.05, 4.69) is 11.8 Å². The van der Waals surface area contributed by atoms with E-state index < -0.39 is 16.1 Å². The lowest BCUT2D eigenvalue weighted by Crippen LogP contribution is -2.53. The van der Waals surface area contributed by atoms with Gasteiger partial charge in [-0.05, 0) is 107 Å². The number of ether oxygens (including phenoxy) is 1. The molecule has 2 aromatic rings. The van der Waals surface area contributed by atoms with Gasteiger partial charge in [-0.25, -0.2) is 13.2 Å². The Kier molecular flexibility index (Phi) is 9.40. The second kappa shape index (κ2) is 12.8. The van der Waals surface area contributed by atoms with Crippen molar-refractivity contribution in [3.8, 4) is 0 Å². The molecule has 0 aliphatic carbocycles. The van der Waals surface area contributed by atoms with Gasteiger partial charge in [0.15, 0.2) is 0 Å². The van der Waals surface area contributed by atoms with Crippen LogP contribution in [0.5, 0.6) is 0 Å². The van der Waals surface area contributed by atoms with E-state index in [9.17, 15) is 13.2 Å². The number of rotatable bonds is 6. The molecule has 4 unspecified atom stereocenters. The van der Waals surface area contributed by atoms with Crippen LogP contribution in [0.1, 0.15) is 75.5 Å². The number of carbonyl (C=O) groups excluding carboxylic acids is 1. The minimum atomic E-state index is -3.88. The fourth-order valence-corrected chi connectivity index (χ4v) is 8.80. The molecule has 0 N–H and O–H groups in total. The Labute approximate surface area is 244 Å². The standard InChI is InChI=1S/C31H42ClN3O4S/c1-23-9-4-5-11-29(23)30-12-8-10-27(35(30)40(37,38)28-15-13-25(32)14-16-28)22-39-31(36)34-20-17-26(21-24(34)2)33-18-6-3-7-19-33/h4-5,9,11,13-16,24,26-27,30H,3,6-8,10,12,17-22H2,1-2H3. The number of piperidine rings is 3. The number of carbonyl (C=O) groups is 1. The molecule has 0 bridgehead atoms. The summed E-state index contributed by atoms with van der Waals surface area (Å²) in [5.74, 6) is 0. The monoisotopic (exact) mass is 587 g/mol. The second-order valence-corrected chi connectivity index (χ2v) is 13.9. The molecule has 3 aliphatic heterocycles. The summed E-state index contributed by atoms with van der Waals surface area (Å²) < 4.78 is 35.7. The van der Waals surface area contributed by atoms with E-state index in [1.54, 1.807) is 28.6 Å². The van der Waals surface area contributed by atoms with E-state index in [1.165, 1.54) is 19.3 Å². The van der Waals surface area contributed by atoms with Crippen molar-refractivity contribution >= 4 is 27.7 Å². The quantitative estimate of drug-likeness (QED) is 0.391. The molecule has 9 heteroatoms. The van der Waals surface area contributed by atoms with Crippen molar-refractivity contribution in [3.05, 3.63) is 64.7 Å². The fourth-order valence-electron chi connectivity index (χ4n) is 6.84. The van der Waals surface area contributed by atoms with E-state index in [4.69, 9.17) is 16.3 Å². The molecule has 3 aliphatic rings. The number of sulfonamides is 1. The first-order valence-electron chi connectivity index (χ1n) is 14.8. The summed E-state index contributed by atoms with van der Waals surface area (Å²) in [7, 11) is -3.88. The van der Waals surface area contributed by atoms with Crippen molar-refractivity contribution in [1.82, 2.24) is 14.1 Å². The van der Waals surface area contributed by atoms with Crippen LogP contribution in [0, 0.1) is 6.92 Å². The van der Waals surface area contributed by atoms with Crippen molar-refractivity contribution in [2.45, 2.75) is 94.3 Å². The van der Waals surface area contributed by atoms with Gasteiger partial charge in [-0.1, -0.05) is 42.3 Å². The summed E-state index contributed by atoms with van der Waals surface area (Å²) in [6.45, 7) is 7.13. The highest BCUT2D eigenvalue weighted by Crippen LogP contribution is 2.40. The van der Waals surface area contributed by atoms with E-state index in [0.29, 0.717) is 30.5 Å². The second-order valence-electron chi connectivity index (χ2n) is 11.6. The molecule has 3 saturated heterocycles. The number of aryl methyl sites for hydroxylation is 1. The van der Waals surface area contributed by atoms with Crippen LogP contribution < -0.4 is 0 Å². The van der Waals surface area contributed by atoms with Gasteiger partial charge in [0.1, 0.15) is 6.61 Å². The predicted octanol–water partition coefficient (Wildman–Crippen LogP) is 6.41. The van der Waals surface area contributed by atoms with Crippen molar-refractivity contribution < 1.29 is 17.9 Å². The molecule has 2 aromatic carbocycles. The summed E-state index contributed by atoms with van der Waals surface area (Å²) >= 11 is 6.07. The zero-order valence-corrected chi connectivity index (χ0v) is 25.2. The third-order valence-corrected chi connectivity index (χ3v) is 11.2. The van der Waals surface area contributed by atoms with E-state index >= 15 is 0 Å². The van der Waals surface area contributed by atoms with Crippen molar-refractivity contribution in [2.24, 2.45) is 0 Å². The first-order chi connectivity index (χ1) is 19.3. The Morgan fingerprint density at radius 2 is 1.68 bits per heavy atom. The van der Waals surface area contributed by atoms with Crippen LogP contribution in [-0.2, 0) is 14.8 Å². The SMILES string of the molecule is Cc1ccccc1C1CCCC(COC(=O)N2CCC(N3CCCCC3)CC2C)N1S(=O)(=O)c1ccc(Cl)cc1. The molecule has 3 fully saturated rings. The topological polar surface area (TPSA) is 70.2 Å². The van der Waals surface area contributed by atoms with Crippen molar-refractivity contribution in [2.75, 3.05) is 26.2 Å². The molecule has 0 spiro atoms. The molecule has 40 heavy (non-hydrogen) atoms. The Morgan fingerprint density at radius 3 is 2.38 bits per heavy atom. The third kappa shape index (κ3) is 6.35. The average molecular weight is 588 g/mol. The minimum Gasteiger partial charge on any atom is -0.448 e. The van der Waals surface area contributed by atoms with Gasteiger partial charge in [0.05, 0.1) is 17.0 Å². The summed E-state index contributed by atoms with van der Waals surface area (Å²) in [5, 5.41) is 0.483. The molecule has 0 radical (unpaired) electrons. The summed E-state index contributed by atoms with van der Waals surface area (Å²) in [5.41, 5.74) is 2.04. The number of hydrogen-bond acceptors (Lipinski definition) is 5. The number of likely N-dealkylation sites (tertiary alicyclic amines) is 2. The van der Waals surface area contributed by atoms with Gasteiger partial charge in [0.25, 0.3) is 0 Å². The van der Waals surface area contributed by atoms with Crippen molar-refractivity contribution in [3.63, 3.8) is 0 Å². The van der Waals surface area contributed by atoms with Gasteiger partial charge >= 0.3 is 6.09 Å². The Balaban J connectivity index is 1.32. The Morgan fingerprint density at radius 1 is 0.950 bits per heavy atom. The Hall–Kier alpha value is -2.13. The molecular weight excluding hydrogens is 546 g/mol. The average Bonchev–Trinajstić information content (AvgIpc) is 2.96. The van der Waals surface area contributed by atoms with Crippen molar-refractivity contribution in [1.29, 1.82) is 0 Å². The van der Waals surface area contributed by atoms with Gasteiger partial charge in [-0.15, -0.1) is 0 Å². The van der Waals surface area contributed by atoms with Crippen LogP contribution in [0.4, 0.5) is 4.79 Å². The lowest BCUT2D eigenvalue weighted by atomic mass is 9.91. The van der Waals surface area contributed by atoms with Gasteiger partial charge in [-0.3, -0.25) is 0 Å². The zero-order chi connectivity index (χ0) is 28.3. The van der Waals surface area contributed by atoms with Crippen LogP contribution in [0.3, 0.4) is 0 Å². The first-order valence-corrected chi connectivity index (χ1v) is 16.6. The van der Waals surface area contributed by atoms with Gasteiger partial charge in [0, 0.05) is 23.7 Å². The fraction of sp³-hybridized carbons (Fsp3) is 0.581. The minimum absolute atomic E-state index is 0.0345. The number of halogens is 1. The van der Waals surface area contributed by atoms with Crippen LogP contribution >= 0.6 is 11.6 Å². The Bertz CT molecular complexity index is 1270. The molecule has 0 aromatic heterocycles. The largest absolute Gasteiger partial charge is 0.448 e. The maximum absolute atomic E-state index is 14.1. The number of nitrogens with zero attached hydrogens (tertiary/aromatic N) is 3. The van der Waals surface area contributed by atoms with Crippen LogP contribution in [0.2, 0.25) is 5.02 Å². The molecule has 4 atom stereocenters. The third-order valence-electron chi connectivity index (χ3n) is 9.01. The van der Waals surface area contributed by atoms with E-state index in [1.807, 2.05) is 36.1 Å². The zero-order valence-electron chi connectivity index (χ0n) is 23.7.